The highest BCUT2D eigenvalue weighted by molar-refractivity contribution is 6.31. The number of aromatic amines is 1. The highest BCUT2D eigenvalue weighted by Gasteiger charge is 2.32. The maximum absolute atomic E-state index is 12.1. The van der Waals surface area contributed by atoms with E-state index in [1.54, 1.807) is 24.4 Å². The number of hydrogen-bond acceptors (Lipinski definition) is 4. The Balaban J connectivity index is 1.36. The number of aromatic nitrogens is 1. The number of fused-ring (bicyclic) bond motifs is 1. The fraction of sp³-hybridized carbons (Fsp3) is 0.318. The van der Waals surface area contributed by atoms with E-state index in [1.165, 1.54) is 0 Å². The third-order valence-electron chi connectivity index (χ3n) is 5.47. The first-order valence-corrected chi connectivity index (χ1v) is 10.6. The summed E-state index contributed by atoms with van der Waals surface area (Å²) in [6.45, 7) is 4.28. The van der Waals surface area contributed by atoms with Crippen molar-refractivity contribution in [2.45, 2.75) is 6.04 Å². The van der Waals surface area contributed by atoms with Gasteiger partial charge in [-0.25, -0.2) is 0 Å². The number of nitrogens with one attached hydrogen (secondary N) is 1. The molecular formula is C22H23Cl2N3O3. The lowest BCUT2D eigenvalue weighted by atomic mass is 10.0. The van der Waals surface area contributed by atoms with Gasteiger partial charge in [-0.3, -0.25) is 14.6 Å². The van der Waals surface area contributed by atoms with Gasteiger partial charge in [-0.2, -0.15) is 0 Å². The normalized spacial score (nSPS) is 16.6. The lowest BCUT2D eigenvalue weighted by molar-refractivity contribution is -0.144. The lowest BCUT2D eigenvalue weighted by Crippen LogP contribution is -2.50. The third kappa shape index (κ3) is 4.73. The molecular weight excluding hydrogens is 425 g/mol. The van der Waals surface area contributed by atoms with Gasteiger partial charge in [-0.15, -0.1) is 0 Å². The van der Waals surface area contributed by atoms with Crippen LogP contribution in [0, 0.1) is 0 Å². The Bertz CT molecular complexity index is 1010. The summed E-state index contributed by atoms with van der Waals surface area (Å²) in [5.74, 6) is -0.0580. The maximum atomic E-state index is 12.1. The van der Waals surface area contributed by atoms with Crippen molar-refractivity contribution in [2.24, 2.45) is 0 Å². The average molecular weight is 448 g/mol. The van der Waals surface area contributed by atoms with Crippen LogP contribution in [0.15, 0.2) is 48.7 Å². The van der Waals surface area contributed by atoms with Crippen LogP contribution in [0.4, 0.5) is 0 Å². The Kier molecular flexibility index (Phi) is 6.49. The van der Waals surface area contributed by atoms with E-state index in [0.717, 1.165) is 41.9 Å². The SMILES string of the molecule is O=C(O)C(c1c[nH]c2ccc(Cl)cc12)N1CCN(CCOc2ccc(Cl)cc2)CC1. The van der Waals surface area contributed by atoms with Gasteiger partial charge in [-0.1, -0.05) is 23.2 Å². The summed E-state index contributed by atoms with van der Waals surface area (Å²) in [5.41, 5.74) is 1.64. The first-order chi connectivity index (χ1) is 14.5. The van der Waals surface area contributed by atoms with Crippen molar-refractivity contribution in [3.05, 3.63) is 64.3 Å². The Labute approximate surface area is 184 Å². The Morgan fingerprint density at radius 3 is 2.47 bits per heavy atom. The first kappa shape index (κ1) is 21.0. The average Bonchev–Trinajstić information content (AvgIpc) is 3.13. The number of ether oxygens (including phenoxy) is 1. The molecule has 0 saturated carbocycles. The molecule has 6 nitrogen and oxygen atoms in total. The smallest absolute Gasteiger partial charge is 0.325 e. The molecule has 1 aromatic heterocycles. The summed E-state index contributed by atoms with van der Waals surface area (Å²) >= 11 is 12.0. The Morgan fingerprint density at radius 2 is 1.77 bits per heavy atom. The van der Waals surface area contributed by atoms with E-state index in [1.807, 2.05) is 29.2 Å². The van der Waals surface area contributed by atoms with Crippen molar-refractivity contribution in [1.82, 2.24) is 14.8 Å². The zero-order valence-corrected chi connectivity index (χ0v) is 17.9. The van der Waals surface area contributed by atoms with Gasteiger partial charge in [0.2, 0.25) is 0 Å². The van der Waals surface area contributed by atoms with Crippen LogP contribution in [0.3, 0.4) is 0 Å². The zero-order valence-electron chi connectivity index (χ0n) is 16.4. The number of hydrogen-bond donors (Lipinski definition) is 2. The minimum atomic E-state index is -0.851. The van der Waals surface area contributed by atoms with E-state index in [0.29, 0.717) is 29.7 Å². The Morgan fingerprint density at radius 1 is 1.07 bits per heavy atom. The largest absolute Gasteiger partial charge is 0.492 e. The predicted molar refractivity (Wildman–Crippen MR) is 119 cm³/mol. The van der Waals surface area contributed by atoms with Crippen LogP contribution >= 0.6 is 23.2 Å². The van der Waals surface area contributed by atoms with Crippen LogP contribution in [0.25, 0.3) is 10.9 Å². The number of piperazine rings is 1. The summed E-state index contributed by atoms with van der Waals surface area (Å²) in [5, 5.41) is 12.1. The van der Waals surface area contributed by atoms with Gasteiger partial charge in [0.15, 0.2) is 0 Å². The van der Waals surface area contributed by atoms with Crippen LogP contribution in [-0.2, 0) is 4.79 Å². The van der Waals surface area contributed by atoms with Crippen LogP contribution in [-0.4, -0.2) is 65.2 Å². The van der Waals surface area contributed by atoms with E-state index < -0.39 is 12.0 Å². The fourth-order valence-corrected chi connectivity index (χ4v) is 4.19. The molecule has 0 amide bonds. The highest BCUT2D eigenvalue weighted by Crippen LogP contribution is 2.31. The van der Waals surface area contributed by atoms with E-state index in [9.17, 15) is 9.90 Å². The Hall–Kier alpha value is -2.25. The molecule has 30 heavy (non-hydrogen) atoms. The van der Waals surface area contributed by atoms with Crippen LogP contribution in [0.2, 0.25) is 10.0 Å². The fourth-order valence-electron chi connectivity index (χ4n) is 3.90. The minimum Gasteiger partial charge on any atom is -0.492 e. The maximum Gasteiger partial charge on any atom is 0.325 e. The molecule has 0 spiro atoms. The van der Waals surface area contributed by atoms with Crippen LogP contribution < -0.4 is 4.74 Å². The molecule has 0 radical (unpaired) electrons. The van der Waals surface area contributed by atoms with Crippen molar-refractivity contribution < 1.29 is 14.6 Å². The van der Waals surface area contributed by atoms with E-state index >= 15 is 0 Å². The van der Waals surface area contributed by atoms with Gasteiger partial charge in [0.05, 0.1) is 0 Å². The molecule has 4 rings (SSSR count). The van der Waals surface area contributed by atoms with Gasteiger partial charge < -0.3 is 14.8 Å². The minimum absolute atomic E-state index is 0.574. The van der Waals surface area contributed by atoms with Gasteiger partial charge in [0, 0.05) is 65.4 Å². The quantitative estimate of drug-likeness (QED) is 0.564. The number of benzene rings is 2. The van der Waals surface area contributed by atoms with Gasteiger partial charge in [0.1, 0.15) is 18.4 Å². The molecule has 1 unspecified atom stereocenters. The van der Waals surface area contributed by atoms with Crippen molar-refractivity contribution in [3.8, 4) is 5.75 Å². The molecule has 8 heteroatoms. The standard InChI is InChI=1S/C22H23Cl2N3O3/c23-15-1-4-17(5-2-15)30-12-11-26-7-9-27(10-8-26)21(22(28)29)19-14-25-20-6-3-16(24)13-18(19)20/h1-6,13-14,21,25H,7-12H2,(H,28,29). The molecule has 1 aliphatic heterocycles. The predicted octanol–water partition coefficient (Wildman–Crippen LogP) is 4.30. The summed E-state index contributed by atoms with van der Waals surface area (Å²) in [6, 6.07) is 12.1. The second kappa shape index (κ2) is 9.27. The van der Waals surface area contributed by atoms with Crippen molar-refractivity contribution in [3.63, 3.8) is 0 Å². The molecule has 1 fully saturated rings. The molecule has 1 saturated heterocycles. The van der Waals surface area contributed by atoms with Gasteiger partial charge >= 0.3 is 5.97 Å². The molecule has 0 bridgehead atoms. The van der Waals surface area contributed by atoms with Crippen molar-refractivity contribution >= 4 is 40.1 Å². The second-order valence-corrected chi connectivity index (χ2v) is 8.23. The molecule has 2 N–H and O–H groups in total. The second-order valence-electron chi connectivity index (χ2n) is 7.35. The number of carbonyl (C=O) groups is 1. The molecule has 1 aliphatic rings. The van der Waals surface area contributed by atoms with Crippen molar-refractivity contribution in [1.29, 1.82) is 0 Å². The first-order valence-electron chi connectivity index (χ1n) is 9.85. The highest BCUT2D eigenvalue weighted by atomic mass is 35.5. The number of aliphatic carboxylic acids is 1. The summed E-state index contributed by atoms with van der Waals surface area (Å²) in [6.07, 6.45) is 1.78. The van der Waals surface area contributed by atoms with Gasteiger partial charge in [-0.05, 0) is 42.5 Å². The molecule has 2 heterocycles. The number of halogens is 2. The summed E-state index contributed by atoms with van der Waals surface area (Å²) in [7, 11) is 0. The lowest BCUT2D eigenvalue weighted by Gasteiger charge is -2.37. The molecule has 158 valence electrons. The number of carboxylic acid groups (broad SMARTS) is 1. The zero-order chi connectivity index (χ0) is 21.1. The number of rotatable bonds is 7. The topological polar surface area (TPSA) is 68.8 Å². The molecule has 3 aromatic rings. The molecule has 1 atom stereocenters. The van der Waals surface area contributed by atoms with Crippen LogP contribution in [0.5, 0.6) is 5.75 Å². The number of nitrogens with zero attached hydrogens (tertiary/aromatic N) is 2. The summed E-state index contributed by atoms with van der Waals surface area (Å²) < 4.78 is 5.77. The number of H-pyrrole nitrogens is 1. The monoisotopic (exact) mass is 447 g/mol. The molecule has 2 aromatic carbocycles. The van der Waals surface area contributed by atoms with Crippen LogP contribution in [0.1, 0.15) is 11.6 Å². The van der Waals surface area contributed by atoms with E-state index in [2.05, 4.69) is 9.88 Å². The summed E-state index contributed by atoms with van der Waals surface area (Å²) in [4.78, 5) is 19.6. The van der Waals surface area contributed by atoms with E-state index in [4.69, 9.17) is 27.9 Å². The number of carboxylic acids is 1. The van der Waals surface area contributed by atoms with Gasteiger partial charge in [0.25, 0.3) is 0 Å². The third-order valence-corrected chi connectivity index (χ3v) is 5.95. The molecule has 0 aliphatic carbocycles. The van der Waals surface area contributed by atoms with E-state index in [-0.39, 0.29) is 0 Å². The van der Waals surface area contributed by atoms with Crippen molar-refractivity contribution in [2.75, 3.05) is 39.3 Å².